The fraction of sp³-hybridized carbons (Fsp3) is 0.611. The first-order valence-electron chi connectivity index (χ1n) is 8.66. The SMILES string of the molecule is Cl.Cl.NC[C@H]1CCC[C@H]1C(=O)Nc1cccc(CN2CCOCC2)c1. The van der Waals surface area contributed by atoms with Crippen LogP contribution in [0.15, 0.2) is 24.3 Å². The van der Waals surface area contributed by atoms with Gasteiger partial charge in [0.25, 0.3) is 0 Å². The van der Waals surface area contributed by atoms with E-state index in [-0.39, 0.29) is 36.6 Å². The average molecular weight is 390 g/mol. The van der Waals surface area contributed by atoms with Crippen molar-refractivity contribution in [2.75, 3.05) is 38.2 Å². The Kier molecular flexibility index (Phi) is 9.75. The highest BCUT2D eigenvalue weighted by atomic mass is 35.5. The molecule has 1 aromatic rings. The van der Waals surface area contributed by atoms with Crippen LogP contribution in [0.4, 0.5) is 5.69 Å². The first-order chi connectivity index (χ1) is 11.3. The van der Waals surface area contributed by atoms with Gasteiger partial charge in [-0.15, -0.1) is 24.8 Å². The summed E-state index contributed by atoms with van der Waals surface area (Å²) in [6, 6.07) is 8.18. The molecule has 1 aromatic carbocycles. The zero-order valence-corrected chi connectivity index (χ0v) is 16.1. The van der Waals surface area contributed by atoms with Crippen LogP contribution in [0.25, 0.3) is 0 Å². The van der Waals surface area contributed by atoms with Crippen molar-refractivity contribution in [2.45, 2.75) is 25.8 Å². The number of hydrogen-bond donors (Lipinski definition) is 2. The van der Waals surface area contributed by atoms with E-state index >= 15 is 0 Å². The number of halogens is 2. The number of rotatable bonds is 5. The predicted octanol–water partition coefficient (Wildman–Crippen LogP) is 2.68. The van der Waals surface area contributed by atoms with Gasteiger partial charge >= 0.3 is 0 Å². The van der Waals surface area contributed by atoms with Gasteiger partial charge in [0.1, 0.15) is 0 Å². The molecule has 3 rings (SSSR count). The Morgan fingerprint density at radius 2 is 2.00 bits per heavy atom. The lowest BCUT2D eigenvalue weighted by atomic mass is 9.95. The molecule has 3 N–H and O–H groups in total. The van der Waals surface area contributed by atoms with Gasteiger partial charge in [-0.3, -0.25) is 9.69 Å². The second-order valence-electron chi connectivity index (χ2n) is 6.61. The monoisotopic (exact) mass is 389 g/mol. The first kappa shape index (κ1) is 22.2. The number of benzene rings is 1. The Bertz CT molecular complexity index is 539. The van der Waals surface area contributed by atoms with Crippen LogP contribution in [0.5, 0.6) is 0 Å². The van der Waals surface area contributed by atoms with Crippen LogP contribution in [0, 0.1) is 11.8 Å². The standard InChI is InChI=1S/C18H27N3O2.2ClH/c19-12-15-4-2-6-17(15)18(22)20-16-5-1-3-14(11-16)13-21-7-9-23-10-8-21;;/h1,3,5,11,15,17H,2,4,6-10,12-13,19H2,(H,20,22);2*1H/t15-,17-;;/m1../s1. The van der Waals surface area contributed by atoms with Gasteiger partial charge in [0.15, 0.2) is 0 Å². The fourth-order valence-electron chi connectivity index (χ4n) is 3.66. The van der Waals surface area contributed by atoms with E-state index in [4.69, 9.17) is 10.5 Å². The quantitative estimate of drug-likeness (QED) is 0.811. The fourth-order valence-corrected chi connectivity index (χ4v) is 3.66. The maximum atomic E-state index is 12.5. The Hall–Kier alpha value is -0.850. The van der Waals surface area contributed by atoms with E-state index in [0.29, 0.717) is 12.5 Å². The number of nitrogens with zero attached hydrogens (tertiary/aromatic N) is 1. The lowest BCUT2D eigenvalue weighted by molar-refractivity contribution is -0.120. The molecule has 1 saturated heterocycles. The molecule has 1 aliphatic heterocycles. The second-order valence-corrected chi connectivity index (χ2v) is 6.61. The van der Waals surface area contributed by atoms with Gasteiger partial charge < -0.3 is 15.8 Å². The molecule has 0 aromatic heterocycles. The van der Waals surface area contributed by atoms with Crippen molar-refractivity contribution in [3.8, 4) is 0 Å². The second kappa shape index (κ2) is 11.0. The number of amides is 1. The van der Waals surface area contributed by atoms with Gasteiger partial charge in [0, 0.05) is 31.2 Å². The molecule has 1 aliphatic carbocycles. The normalized spacial score (nSPS) is 23.4. The topological polar surface area (TPSA) is 67.6 Å². The van der Waals surface area contributed by atoms with Gasteiger partial charge in [0.2, 0.25) is 5.91 Å². The van der Waals surface area contributed by atoms with Gasteiger partial charge in [-0.25, -0.2) is 0 Å². The molecule has 2 atom stereocenters. The Morgan fingerprint density at radius 1 is 1.24 bits per heavy atom. The molecule has 0 radical (unpaired) electrons. The molecule has 0 unspecified atom stereocenters. The van der Waals surface area contributed by atoms with Crippen molar-refractivity contribution in [3.63, 3.8) is 0 Å². The number of carbonyl (C=O) groups is 1. The highest BCUT2D eigenvalue weighted by Gasteiger charge is 2.31. The van der Waals surface area contributed by atoms with Crippen LogP contribution in [0.3, 0.4) is 0 Å². The minimum Gasteiger partial charge on any atom is -0.379 e. The molecule has 0 spiro atoms. The van der Waals surface area contributed by atoms with Crippen molar-refractivity contribution in [1.82, 2.24) is 4.90 Å². The molecule has 7 heteroatoms. The van der Waals surface area contributed by atoms with Crippen molar-refractivity contribution in [1.29, 1.82) is 0 Å². The summed E-state index contributed by atoms with van der Waals surface area (Å²) in [6.07, 6.45) is 3.14. The largest absolute Gasteiger partial charge is 0.379 e. The van der Waals surface area contributed by atoms with Crippen LogP contribution in [0.1, 0.15) is 24.8 Å². The van der Waals surface area contributed by atoms with Crippen molar-refractivity contribution in [2.24, 2.45) is 17.6 Å². The zero-order chi connectivity index (χ0) is 16.1. The number of nitrogens with one attached hydrogen (secondary N) is 1. The summed E-state index contributed by atoms with van der Waals surface area (Å²) in [6.45, 7) is 5.06. The lowest BCUT2D eigenvalue weighted by Gasteiger charge is -2.26. The average Bonchev–Trinajstić information content (AvgIpc) is 3.05. The van der Waals surface area contributed by atoms with E-state index in [1.54, 1.807) is 0 Å². The number of nitrogens with two attached hydrogens (primary N) is 1. The minimum atomic E-state index is 0. The first-order valence-corrected chi connectivity index (χ1v) is 8.66. The Morgan fingerprint density at radius 3 is 2.72 bits per heavy atom. The van der Waals surface area contributed by atoms with E-state index < -0.39 is 0 Å². The van der Waals surface area contributed by atoms with Gasteiger partial charge in [-0.05, 0) is 43.0 Å². The van der Waals surface area contributed by atoms with Gasteiger partial charge in [-0.2, -0.15) is 0 Å². The summed E-state index contributed by atoms with van der Waals surface area (Å²) in [4.78, 5) is 14.9. The molecule has 2 fully saturated rings. The number of carbonyl (C=O) groups excluding carboxylic acids is 1. The van der Waals surface area contributed by atoms with E-state index in [1.165, 1.54) is 5.56 Å². The molecule has 1 saturated carbocycles. The van der Waals surface area contributed by atoms with E-state index in [2.05, 4.69) is 22.3 Å². The van der Waals surface area contributed by atoms with Crippen molar-refractivity contribution >= 4 is 36.4 Å². The smallest absolute Gasteiger partial charge is 0.227 e. The predicted molar refractivity (Wildman–Crippen MR) is 106 cm³/mol. The zero-order valence-electron chi connectivity index (χ0n) is 14.5. The highest BCUT2D eigenvalue weighted by Crippen LogP contribution is 2.31. The van der Waals surface area contributed by atoms with Crippen molar-refractivity contribution < 1.29 is 9.53 Å². The summed E-state index contributed by atoms with van der Waals surface area (Å²) in [5.74, 6) is 0.538. The third-order valence-electron chi connectivity index (χ3n) is 5.00. The van der Waals surface area contributed by atoms with E-state index in [9.17, 15) is 4.79 Å². The summed E-state index contributed by atoms with van der Waals surface area (Å²) in [5, 5.41) is 3.09. The van der Waals surface area contributed by atoms with Gasteiger partial charge in [-0.1, -0.05) is 18.6 Å². The highest BCUT2D eigenvalue weighted by molar-refractivity contribution is 5.93. The molecule has 1 amide bonds. The summed E-state index contributed by atoms with van der Waals surface area (Å²) >= 11 is 0. The number of ether oxygens (including phenoxy) is 1. The summed E-state index contributed by atoms with van der Waals surface area (Å²) < 4.78 is 5.38. The van der Waals surface area contributed by atoms with Crippen LogP contribution in [-0.2, 0) is 16.1 Å². The third-order valence-corrected chi connectivity index (χ3v) is 5.00. The molecule has 1 heterocycles. The number of hydrogen-bond acceptors (Lipinski definition) is 4. The van der Waals surface area contributed by atoms with Crippen LogP contribution < -0.4 is 11.1 Å². The molecule has 142 valence electrons. The number of morpholine rings is 1. The maximum absolute atomic E-state index is 12.5. The summed E-state index contributed by atoms with van der Waals surface area (Å²) in [5.41, 5.74) is 7.91. The minimum absolute atomic E-state index is 0. The van der Waals surface area contributed by atoms with Crippen LogP contribution >= 0.6 is 24.8 Å². The van der Waals surface area contributed by atoms with E-state index in [0.717, 1.165) is 57.8 Å². The molecule has 5 nitrogen and oxygen atoms in total. The van der Waals surface area contributed by atoms with Crippen LogP contribution in [0.2, 0.25) is 0 Å². The van der Waals surface area contributed by atoms with Crippen molar-refractivity contribution in [3.05, 3.63) is 29.8 Å². The molecule has 2 aliphatic rings. The molecular formula is C18H29Cl2N3O2. The Labute approximate surface area is 162 Å². The van der Waals surface area contributed by atoms with Crippen LogP contribution in [-0.4, -0.2) is 43.7 Å². The summed E-state index contributed by atoms with van der Waals surface area (Å²) in [7, 11) is 0. The maximum Gasteiger partial charge on any atom is 0.227 e. The van der Waals surface area contributed by atoms with E-state index in [1.807, 2.05) is 12.1 Å². The number of anilines is 1. The third kappa shape index (κ3) is 6.12. The molecular weight excluding hydrogens is 361 g/mol. The Balaban J connectivity index is 0.00000156. The molecule has 25 heavy (non-hydrogen) atoms. The lowest BCUT2D eigenvalue weighted by Crippen LogP contribution is -2.35. The molecule has 0 bridgehead atoms. The van der Waals surface area contributed by atoms with Gasteiger partial charge in [0.05, 0.1) is 13.2 Å².